The van der Waals surface area contributed by atoms with Crippen LogP contribution in [0, 0.1) is 0 Å². The molecule has 1 aliphatic heterocycles. The van der Waals surface area contributed by atoms with Crippen LogP contribution in [-0.2, 0) is 19.1 Å². The van der Waals surface area contributed by atoms with Crippen molar-refractivity contribution in [2.24, 2.45) is 0 Å². The summed E-state index contributed by atoms with van der Waals surface area (Å²) in [4.78, 5) is 35.2. The summed E-state index contributed by atoms with van der Waals surface area (Å²) in [6.45, 7) is 0.696. The molecular weight excluding hydrogens is 252 g/mol. The van der Waals surface area contributed by atoms with Gasteiger partial charge in [-0.3, -0.25) is 19.3 Å². The third-order valence-electron chi connectivity index (χ3n) is 2.88. The van der Waals surface area contributed by atoms with Crippen LogP contribution in [0.3, 0.4) is 0 Å². The maximum atomic E-state index is 11.5. The van der Waals surface area contributed by atoms with Gasteiger partial charge in [-0.25, -0.2) is 0 Å². The molecule has 1 rings (SSSR count). The maximum absolute atomic E-state index is 11.5. The van der Waals surface area contributed by atoms with Gasteiger partial charge >= 0.3 is 0 Å². The highest BCUT2D eigenvalue weighted by atomic mass is 16.5. The molecule has 0 aliphatic carbocycles. The third kappa shape index (κ3) is 5.35. The van der Waals surface area contributed by atoms with E-state index in [0.29, 0.717) is 13.0 Å². The molecule has 2 N–H and O–H groups in total. The average Bonchev–Trinajstić information content (AvgIpc) is 2.67. The van der Waals surface area contributed by atoms with E-state index in [-0.39, 0.29) is 50.1 Å². The van der Waals surface area contributed by atoms with Gasteiger partial charge in [-0.2, -0.15) is 0 Å². The molecule has 1 atom stereocenters. The number of aliphatic hydroxyl groups is 1. The minimum absolute atomic E-state index is 0.0951. The standard InChI is InChI=1S/C12H20N2O5/c1-19-8-9(15)4-6-13-10(16)5-7-14-11(17)2-3-12(14)18/h9,15H,2-8H2,1H3,(H,13,16). The lowest BCUT2D eigenvalue weighted by Crippen LogP contribution is -2.35. The first-order valence-corrected chi connectivity index (χ1v) is 6.31. The second-order valence-corrected chi connectivity index (χ2v) is 4.44. The topological polar surface area (TPSA) is 95.9 Å². The molecule has 3 amide bonds. The number of methoxy groups -OCH3 is 1. The predicted octanol–water partition coefficient (Wildman–Crippen LogP) is -0.961. The van der Waals surface area contributed by atoms with Crippen LogP contribution in [0.4, 0.5) is 0 Å². The van der Waals surface area contributed by atoms with Crippen LogP contribution in [0.15, 0.2) is 0 Å². The number of carbonyl (C=O) groups excluding carboxylic acids is 3. The molecule has 0 bridgehead atoms. The number of hydrogen-bond acceptors (Lipinski definition) is 5. The largest absolute Gasteiger partial charge is 0.391 e. The lowest BCUT2D eigenvalue weighted by atomic mass is 10.2. The molecule has 1 aliphatic rings. The molecule has 0 aromatic rings. The Kier molecular flexibility index (Phi) is 6.44. The first-order valence-electron chi connectivity index (χ1n) is 6.31. The zero-order valence-corrected chi connectivity index (χ0v) is 11.1. The van der Waals surface area contributed by atoms with E-state index in [1.54, 1.807) is 0 Å². The number of imide groups is 1. The van der Waals surface area contributed by atoms with Crippen molar-refractivity contribution < 1.29 is 24.2 Å². The van der Waals surface area contributed by atoms with Crippen molar-refractivity contribution in [1.29, 1.82) is 0 Å². The van der Waals surface area contributed by atoms with Crippen molar-refractivity contribution in [3.63, 3.8) is 0 Å². The summed E-state index contributed by atoms with van der Waals surface area (Å²) in [5, 5.41) is 12.0. The van der Waals surface area contributed by atoms with E-state index in [1.807, 2.05) is 0 Å². The number of carbonyl (C=O) groups is 3. The summed E-state index contributed by atoms with van der Waals surface area (Å²) in [6, 6.07) is 0. The van der Waals surface area contributed by atoms with Crippen LogP contribution in [0.1, 0.15) is 25.7 Å². The first kappa shape index (κ1) is 15.6. The Morgan fingerprint density at radius 2 is 2.05 bits per heavy atom. The van der Waals surface area contributed by atoms with Crippen molar-refractivity contribution in [3.05, 3.63) is 0 Å². The van der Waals surface area contributed by atoms with Gasteiger partial charge in [0.05, 0.1) is 12.7 Å². The van der Waals surface area contributed by atoms with Crippen LogP contribution in [0.5, 0.6) is 0 Å². The molecule has 1 fully saturated rings. The normalized spacial score (nSPS) is 16.8. The Balaban J connectivity index is 2.14. The summed E-state index contributed by atoms with van der Waals surface area (Å²) in [7, 11) is 1.49. The monoisotopic (exact) mass is 272 g/mol. The van der Waals surface area contributed by atoms with Crippen molar-refractivity contribution in [1.82, 2.24) is 10.2 Å². The van der Waals surface area contributed by atoms with Crippen LogP contribution >= 0.6 is 0 Å². The molecule has 7 heteroatoms. The summed E-state index contributed by atoms with van der Waals surface area (Å²) in [5.41, 5.74) is 0. The number of rotatable bonds is 8. The molecule has 0 radical (unpaired) electrons. The fraction of sp³-hybridized carbons (Fsp3) is 0.750. The Morgan fingerprint density at radius 3 is 2.63 bits per heavy atom. The van der Waals surface area contributed by atoms with Gasteiger partial charge in [-0.15, -0.1) is 0 Å². The van der Waals surface area contributed by atoms with Gasteiger partial charge in [0.1, 0.15) is 0 Å². The summed E-state index contributed by atoms with van der Waals surface area (Å²) < 4.78 is 4.76. The van der Waals surface area contributed by atoms with Crippen LogP contribution in [0.25, 0.3) is 0 Å². The smallest absolute Gasteiger partial charge is 0.229 e. The van der Waals surface area contributed by atoms with E-state index in [0.717, 1.165) is 4.90 Å². The number of nitrogens with one attached hydrogen (secondary N) is 1. The maximum Gasteiger partial charge on any atom is 0.229 e. The van der Waals surface area contributed by atoms with E-state index in [2.05, 4.69) is 5.32 Å². The molecule has 7 nitrogen and oxygen atoms in total. The van der Waals surface area contributed by atoms with Crippen molar-refractivity contribution in [3.8, 4) is 0 Å². The number of hydrogen-bond donors (Lipinski definition) is 2. The molecule has 1 saturated heterocycles. The molecular formula is C12H20N2O5. The number of likely N-dealkylation sites (tertiary alicyclic amines) is 1. The van der Waals surface area contributed by atoms with Gasteiger partial charge in [0, 0.05) is 39.5 Å². The molecule has 0 spiro atoms. The predicted molar refractivity (Wildman–Crippen MR) is 66.1 cm³/mol. The lowest BCUT2D eigenvalue weighted by Gasteiger charge is -2.14. The number of amides is 3. The van der Waals surface area contributed by atoms with Crippen molar-refractivity contribution >= 4 is 17.7 Å². The second-order valence-electron chi connectivity index (χ2n) is 4.44. The van der Waals surface area contributed by atoms with E-state index >= 15 is 0 Å². The highest BCUT2D eigenvalue weighted by molar-refractivity contribution is 6.02. The zero-order chi connectivity index (χ0) is 14.3. The summed E-state index contributed by atoms with van der Waals surface area (Å²) in [5.74, 6) is -0.668. The van der Waals surface area contributed by atoms with Crippen molar-refractivity contribution in [2.75, 3.05) is 26.8 Å². The number of ether oxygens (including phenoxy) is 1. The molecule has 0 saturated carbocycles. The molecule has 1 unspecified atom stereocenters. The molecule has 19 heavy (non-hydrogen) atoms. The van der Waals surface area contributed by atoms with E-state index in [1.165, 1.54) is 7.11 Å². The Bertz CT molecular complexity index is 329. The summed E-state index contributed by atoms with van der Waals surface area (Å²) >= 11 is 0. The fourth-order valence-corrected chi connectivity index (χ4v) is 1.83. The van der Waals surface area contributed by atoms with E-state index in [9.17, 15) is 19.5 Å². The van der Waals surface area contributed by atoms with E-state index < -0.39 is 6.10 Å². The van der Waals surface area contributed by atoms with Crippen LogP contribution in [0.2, 0.25) is 0 Å². The Labute approximate surface area is 111 Å². The fourth-order valence-electron chi connectivity index (χ4n) is 1.83. The minimum atomic E-state index is -0.605. The second kappa shape index (κ2) is 7.85. The van der Waals surface area contributed by atoms with Gasteiger partial charge in [0.2, 0.25) is 17.7 Å². The molecule has 108 valence electrons. The lowest BCUT2D eigenvalue weighted by molar-refractivity contribution is -0.138. The third-order valence-corrected chi connectivity index (χ3v) is 2.88. The number of aliphatic hydroxyl groups excluding tert-OH is 1. The quantitative estimate of drug-likeness (QED) is 0.555. The zero-order valence-electron chi connectivity index (χ0n) is 11.1. The first-order chi connectivity index (χ1) is 9.04. The van der Waals surface area contributed by atoms with Gasteiger partial charge in [0.15, 0.2) is 0 Å². The molecule has 0 aromatic heterocycles. The van der Waals surface area contributed by atoms with Gasteiger partial charge in [0.25, 0.3) is 0 Å². The van der Waals surface area contributed by atoms with Gasteiger partial charge < -0.3 is 15.2 Å². The Hall–Kier alpha value is -1.47. The van der Waals surface area contributed by atoms with E-state index in [4.69, 9.17) is 4.74 Å². The van der Waals surface area contributed by atoms with Gasteiger partial charge in [-0.1, -0.05) is 0 Å². The summed E-state index contributed by atoms with van der Waals surface area (Å²) in [6.07, 6.45) is 0.374. The highest BCUT2D eigenvalue weighted by Crippen LogP contribution is 2.11. The number of nitrogens with zero attached hydrogens (tertiary/aromatic N) is 1. The molecule has 1 heterocycles. The Morgan fingerprint density at radius 1 is 1.42 bits per heavy atom. The van der Waals surface area contributed by atoms with Crippen LogP contribution < -0.4 is 5.32 Å². The SMILES string of the molecule is COCC(O)CCNC(=O)CCN1C(=O)CCC1=O. The average molecular weight is 272 g/mol. The molecule has 0 aromatic carbocycles. The highest BCUT2D eigenvalue weighted by Gasteiger charge is 2.28. The minimum Gasteiger partial charge on any atom is -0.391 e. The van der Waals surface area contributed by atoms with Crippen LogP contribution in [-0.4, -0.2) is 60.6 Å². The van der Waals surface area contributed by atoms with Crippen molar-refractivity contribution in [2.45, 2.75) is 31.8 Å². The van der Waals surface area contributed by atoms with Gasteiger partial charge in [-0.05, 0) is 6.42 Å².